The summed E-state index contributed by atoms with van der Waals surface area (Å²) in [5.74, 6) is -2.78. The van der Waals surface area contributed by atoms with Gasteiger partial charge in [-0.25, -0.2) is 28.3 Å². The van der Waals surface area contributed by atoms with Crippen LogP contribution in [0.4, 0.5) is 19.3 Å². The van der Waals surface area contributed by atoms with Gasteiger partial charge in [-0.1, -0.05) is 13.3 Å². The van der Waals surface area contributed by atoms with Gasteiger partial charge < -0.3 is 19.9 Å². The Labute approximate surface area is 202 Å². The number of amides is 3. The van der Waals surface area contributed by atoms with Gasteiger partial charge in [-0.15, -0.1) is 0 Å². The Morgan fingerprint density at radius 3 is 2.51 bits per heavy atom. The molecule has 0 spiro atoms. The van der Waals surface area contributed by atoms with Crippen molar-refractivity contribution in [1.29, 1.82) is 0 Å². The number of nitrogens with zero attached hydrogens (tertiary/aromatic N) is 4. The Morgan fingerprint density at radius 2 is 1.89 bits per heavy atom. The van der Waals surface area contributed by atoms with Crippen molar-refractivity contribution in [3.05, 3.63) is 52.6 Å². The van der Waals surface area contributed by atoms with Crippen molar-refractivity contribution in [3.8, 4) is 0 Å². The van der Waals surface area contributed by atoms with Crippen LogP contribution in [0.3, 0.4) is 0 Å². The molecule has 3 rings (SSSR count). The number of esters is 1. The van der Waals surface area contributed by atoms with Crippen molar-refractivity contribution in [3.63, 3.8) is 0 Å². The molecule has 35 heavy (non-hydrogen) atoms. The first kappa shape index (κ1) is 26.0. The fourth-order valence-electron chi connectivity index (χ4n) is 3.98. The second-order valence-electron chi connectivity index (χ2n) is 8.26. The maximum absolute atomic E-state index is 13.5. The number of rotatable bonds is 6. The molecule has 1 fully saturated rings. The van der Waals surface area contributed by atoms with E-state index in [2.05, 4.69) is 15.3 Å². The zero-order valence-electron chi connectivity index (χ0n) is 20.2. The van der Waals surface area contributed by atoms with E-state index in [9.17, 15) is 23.2 Å². The number of carbonyl (C=O) groups excluding carboxylic acids is 3. The van der Waals surface area contributed by atoms with Crippen LogP contribution in [-0.2, 0) is 11.2 Å². The van der Waals surface area contributed by atoms with Gasteiger partial charge in [-0.05, 0) is 39.3 Å². The molecule has 0 saturated carbocycles. The normalized spacial score (nSPS) is 15.7. The minimum absolute atomic E-state index is 0.00807. The first-order valence-corrected chi connectivity index (χ1v) is 11.5. The summed E-state index contributed by atoms with van der Waals surface area (Å²) in [5, 5.41) is 2.55. The third kappa shape index (κ3) is 5.90. The quantitative estimate of drug-likeness (QED) is 0.622. The topological polar surface area (TPSA) is 105 Å². The average molecular weight is 490 g/mol. The average Bonchev–Trinajstić information content (AvgIpc) is 2.80. The van der Waals surface area contributed by atoms with Gasteiger partial charge in [0.1, 0.15) is 17.1 Å². The number of aromatic nitrogens is 2. The summed E-state index contributed by atoms with van der Waals surface area (Å²) < 4.78 is 31.8. The number of aryl methyl sites for hydroxylation is 2. The fourth-order valence-corrected chi connectivity index (χ4v) is 3.98. The molecule has 2 heterocycles. The number of carbonyl (C=O) groups is 3. The summed E-state index contributed by atoms with van der Waals surface area (Å²) >= 11 is 0. The molecule has 1 aromatic carbocycles. The molecule has 2 aromatic rings. The SMILES string of the molecule is CCCc1nc(C)nc(C(=O)N2CCN(C(=O)Nc3ccc(F)c(F)c3)C(C)C2)c1C(=O)OCC. The molecule has 1 aliphatic heterocycles. The van der Waals surface area contributed by atoms with Crippen LogP contribution < -0.4 is 5.32 Å². The van der Waals surface area contributed by atoms with Gasteiger partial charge >= 0.3 is 12.0 Å². The highest BCUT2D eigenvalue weighted by atomic mass is 19.2. The number of anilines is 1. The van der Waals surface area contributed by atoms with Crippen LogP contribution >= 0.6 is 0 Å². The van der Waals surface area contributed by atoms with Gasteiger partial charge in [0.15, 0.2) is 11.6 Å². The maximum atomic E-state index is 13.5. The molecule has 1 N–H and O–H groups in total. The number of piperazine rings is 1. The molecule has 9 nitrogen and oxygen atoms in total. The van der Waals surface area contributed by atoms with Crippen molar-refractivity contribution in [1.82, 2.24) is 19.8 Å². The molecule has 11 heteroatoms. The van der Waals surface area contributed by atoms with Crippen molar-refractivity contribution < 1.29 is 27.9 Å². The molecular formula is C24H29F2N5O4. The van der Waals surface area contributed by atoms with Gasteiger partial charge in [-0.3, -0.25) is 4.79 Å². The first-order valence-electron chi connectivity index (χ1n) is 11.5. The molecule has 1 aromatic heterocycles. The zero-order chi connectivity index (χ0) is 25.7. The molecule has 0 bridgehead atoms. The second kappa shape index (κ2) is 11.2. The Kier molecular flexibility index (Phi) is 8.31. The van der Waals surface area contributed by atoms with Crippen LogP contribution in [-0.4, -0.2) is 70.0 Å². The number of nitrogens with one attached hydrogen (secondary N) is 1. The van der Waals surface area contributed by atoms with E-state index in [-0.39, 0.29) is 49.2 Å². The van der Waals surface area contributed by atoms with E-state index < -0.39 is 29.5 Å². The summed E-state index contributed by atoms with van der Waals surface area (Å²) in [4.78, 5) is 50.5. The Morgan fingerprint density at radius 1 is 1.14 bits per heavy atom. The molecule has 1 atom stereocenters. The molecule has 0 radical (unpaired) electrons. The van der Waals surface area contributed by atoms with E-state index in [1.54, 1.807) is 20.8 Å². The van der Waals surface area contributed by atoms with E-state index in [1.165, 1.54) is 15.9 Å². The molecular weight excluding hydrogens is 460 g/mol. The second-order valence-corrected chi connectivity index (χ2v) is 8.26. The van der Waals surface area contributed by atoms with E-state index in [4.69, 9.17) is 4.74 Å². The number of halogens is 2. The number of ether oxygens (including phenoxy) is 1. The van der Waals surface area contributed by atoms with Crippen LogP contribution in [0.25, 0.3) is 0 Å². The third-order valence-corrected chi connectivity index (χ3v) is 5.61. The van der Waals surface area contributed by atoms with Crippen molar-refractivity contribution in [2.45, 2.75) is 46.6 Å². The van der Waals surface area contributed by atoms with Crippen LogP contribution in [0, 0.1) is 18.6 Å². The van der Waals surface area contributed by atoms with Crippen LogP contribution in [0.15, 0.2) is 18.2 Å². The predicted molar refractivity (Wildman–Crippen MR) is 124 cm³/mol. The van der Waals surface area contributed by atoms with Crippen molar-refractivity contribution in [2.24, 2.45) is 0 Å². The van der Waals surface area contributed by atoms with Gasteiger partial charge in [0.2, 0.25) is 0 Å². The lowest BCUT2D eigenvalue weighted by Gasteiger charge is -2.39. The molecule has 1 unspecified atom stereocenters. The molecule has 0 aliphatic carbocycles. The van der Waals surface area contributed by atoms with Crippen LogP contribution in [0.2, 0.25) is 0 Å². The standard InChI is InChI=1S/C24H29F2N5O4/c1-5-7-19-20(23(33)35-6-2)21(28-15(4)27-19)22(32)30-10-11-31(14(3)13-30)24(34)29-16-8-9-17(25)18(26)12-16/h8-9,12,14H,5-7,10-11,13H2,1-4H3,(H,29,34). The molecule has 3 amide bonds. The van der Waals surface area contributed by atoms with Crippen LogP contribution in [0.5, 0.6) is 0 Å². The van der Waals surface area contributed by atoms with Gasteiger partial charge in [0, 0.05) is 37.4 Å². The maximum Gasteiger partial charge on any atom is 0.342 e. The van der Waals surface area contributed by atoms with Crippen molar-refractivity contribution in [2.75, 3.05) is 31.6 Å². The minimum atomic E-state index is -1.06. The molecule has 1 saturated heterocycles. The lowest BCUT2D eigenvalue weighted by atomic mass is 10.1. The summed E-state index contributed by atoms with van der Waals surface area (Å²) in [6.07, 6.45) is 1.21. The fraction of sp³-hybridized carbons (Fsp3) is 0.458. The minimum Gasteiger partial charge on any atom is -0.462 e. The van der Waals surface area contributed by atoms with E-state index in [0.717, 1.165) is 18.6 Å². The highest BCUT2D eigenvalue weighted by Gasteiger charge is 2.34. The predicted octanol–water partition coefficient (Wildman–Crippen LogP) is 3.57. The summed E-state index contributed by atoms with van der Waals surface area (Å²) in [7, 11) is 0. The van der Waals surface area contributed by atoms with E-state index >= 15 is 0 Å². The highest BCUT2D eigenvalue weighted by Crippen LogP contribution is 2.21. The summed E-state index contributed by atoms with van der Waals surface area (Å²) in [6.45, 7) is 7.79. The Bertz CT molecular complexity index is 1130. The monoisotopic (exact) mass is 489 g/mol. The summed E-state index contributed by atoms with van der Waals surface area (Å²) in [6, 6.07) is 2.22. The number of urea groups is 1. The van der Waals surface area contributed by atoms with E-state index in [0.29, 0.717) is 17.9 Å². The lowest BCUT2D eigenvalue weighted by molar-refractivity contribution is 0.0502. The van der Waals surface area contributed by atoms with Gasteiger partial charge in [0.25, 0.3) is 5.91 Å². The number of hydrogen-bond donors (Lipinski definition) is 1. The van der Waals surface area contributed by atoms with Crippen molar-refractivity contribution >= 4 is 23.6 Å². The zero-order valence-corrected chi connectivity index (χ0v) is 20.2. The van der Waals surface area contributed by atoms with Crippen LogP contribution in [0.1, 0.15) is 59.6 Å². The first-order chi connectivity index (χ1) is 16.7. The van der Waals surface area contributed by atoms with Gasteiger partial charge in [0.05, 0.1) is 12.3 Å². The highest BCUT2D eigenvalue weighted by molar-refractivity contribution is 6.04. The van der Waals surface area contributed by atoms with Gasteiger partial charge in [-0.2, -0.15) is 0 Å². The number of hydrogen-bond acceptors (Lipinski definition) is 6. The summed E-state index contributed by atoms with van der Waals surface area (Å²) in [5.41, 5.74) is 0.666. The Hall–Kier alpha value is -3.63. The molecule has 1 aliphatic rings. The smallest absolute Gasteiger partial charge is 0.342 e. The number of benzene rings is 1. The lowest BCUT2D eigenvalue weighted by Crippen LogP contribution is -2.56. The largest absolute Gasteiger partial charge is 0.462 e. The third-order valence-electron chi connectivity index (χ3n) is 5.61. The Balaban J connectivity index is 1.78. The van der Waals surface area contributed by atoms with E-state index in [1.807, 2.05) is 6.92 Å². The molecule has 188 valence electrons.